The quantitative estimate of drug-likeness (QED) is 0.689. The van der Waals surface area contributed by atoms with Crippen LogP contribution in [0.25, 0.3) is 6.08 Å². The lowest BCUT2D eigenvalue weighted by atomic mass is 10.2. The molecular formula is C16H13N3OS2. The van der Waals surface area contributed by atoms with E-state index in [0.717, 1.165) is 5.56 Å². The van der Waals surface area contributed by atoms with E-state index in [4.69, 9.17) is 12.2 Å². The molecule has 6 heteroatoms. The SMILES string of the molecule is O=C1/C(=C/c2ccccc2)SC(=S)N1CNc1ccccn1. The van der Waals surface area contributed by atoms with Crippen molar-refractivity contribution in [2.75, 3.05) is 12.0 Å². The first kappa shape index (κ1) is 14.7. The molecule has 0 atom stereocenters. The highest BCUT2D eigenvalue weighted by atomic mass is 32.2. The van der Waals surface area contributed by atoms with Crippen molar-refractivity contribution in [3.8, 4) is 0 Å². The third-order valence-corrected chi connectivity index (χ3v) is 4.43. The largest absolute Gasteiger partial charge is 0.352 e. The molecule has 0 saturated carbocycles. The highest BCUT2D eigenvalue weighted by Gasteiger charge is 2.31. The van der Waals surface area contributed by atoms with Crippen LogP contribution in [0.3, 0.4) is 0 Å². The molecule has 22 heavy (non-hydrogen) atoms. The van der Waals surface area contributed by atoms with Crippen LogP contribution in [0.1, 0.15) is 5.56 Å². The Balaban J connectivity index is 1.71. The highest BCUT2D eigenvalue weighted by Crippen LogP contribution is 2.32. The van der Waals surface area contributed by atoms with Crippen molar-refractivity contribution < 1.29 is 4.79 Å². The average molecular weight is 327 g/mol. The van der Waals surface area contributed by atoms with Crippen molar-refractivity contribution in [2.45, 2.75) is 0 Å². The lowest BCUT2D eigenvalue weighted by Gasteiger charge is -2.15. The molecule has 110 valence electrons. The third kappa shape index (κ3) is 3.35. The molecule has 0 aliphatic carbocycles. The van der Waals surface area contributed by atoms with Gasteiger partial charge in [0.25, 0.3) is 5.91 Å². The Hall–Kier alpha value is -2.18. The zero-order valence-electron chi connectivity index (χ0n) is 11.6. The van der Waals surface area contributed by atoms with Gasteiger partial charge in [-0.05, 0) is 23.8 Å². The highest BCUT2D eigenvalue weighted by molar-refractivity contribution is 8.26. The number of pyridine rings is 1. The number of anilines is 1. The number of amides is 1. The predicted octanol–water partition coefficient (Wildman–Crippen LogP) is 3.35. The van der Waals surface area contributed by atoms with Crippen LogP contribution in [-0.2, 0) is 4.79 Å². The number of nitrogens with zero attached hydrogens (tertiary/aromatic N) is 2. The molecule has 4 nitrogen and oxygen atoms in total. The molecule has 1 aliphatic rings. The van der Waals surface area contributed by atoms with Crippen LogP contribution >= 0.6 is 24.0 Å². The molecule has 1 fully saturated rings. The zero-order valence-corrected chi connectivity index (χ0v) is 13.2. The number of thiocarbonyl (C=S) groups is 1. The number of carbonyl (C=O) groups is 1. The molecular weight excluding hydrogens is 314 g/mol. The van der Waals surface area contributed by atoms with Gasteiger partial charge in [-0.3, -0.25) is 9.69 Å². The van der Waals surface area contributed by atoms with Crippen molar-refractivity contribution >= 4 is 46.1 Å². The number of hydrogen-bond donors (Lipinski definition) is 1. The predicted molar refractivity (Wildman–Crippen MR) is 94.2 cm³/mol. The summed E-state index contributed by atoms with van der Waals surface area (Å²) in [4.78, 5) is 18.8. The van der Waals surface area contributed by atoms with Gasteiger partial charge in [0.1, 0.15) is 10.1 Å². The van der Waals surface area contributed by atoms with Gasteiger partial charge in [-0.25, -0.2) is 4.98 Å². The lowest BCUT2D eigenvalue weighted by molar-refractivity contribution is -0.121. The topological polar surface area (TPSA) is 45.2 Å². The van der Waals surface area contributed by atoms with Gasteiger partial charge in [0.15, 0.2) is 0 Å². The molecule has 0 unspecified atom stereocenters. The maximum Gasteiger partial charge on any atom is 0.267 e. The molecule has 0 radical (unpaired) electrons. The van der Waals surface area contributed by atoms with Gasteiger partial charge >= 0.3 is 0 Å². The standard InChI is InChI=1S/C16H13N3OS2/c20-15-13(10-12-6-2-1-3-7-12)22-16(21)19(15)11-18-14-8-4-5-9-17-14/h1-10H,11H2,(H,17,18)/b13-10-. The summed E-state index contributed by atoms with van der Waals surface area (Å²) < 4.78 is 0.551. The first-order valence-corrected chi connectivity index (χ1v) is 7.92. The van der Waals surface area contributed by atoms with Crippen molar-refractivity contribution in [1.29, 1.82) is 0 Å². The van der Waals surface area contributed by atoms with Crippen molar-refractivity contribution in [3.63, 3.8) is 0 Å². The summed E-state index contributed by atoms with van der Waals surface area (Å²) in [6.07, 6.45) is 3.56. The van der Waals surface area contributed by atoms with Crippen LogP contribution in [0.5, 0.6) is 0 Å². The fourth-order valence-corrected chi connectivity index (χ4v) is 3.22. The van der Waals surface area contributed by atoms with Crippen LogP contribution < -0.4 is 5.32 Å². The second kappa shape index (κ2) is 6.72. The molecule has 1 N–H and O–H groups in total. The Morgan fingerprint density at radius 1 is 1.18 bits per heavy atom. The average Bonchev–Trinajstić information content (AvgIpc) is 2.81. The minimum absolute atomic E-state index is 0.0812. The van der Waals surface area contributed by atoms with E-state index in [2.05, 4.69) is 10.3 Å². The molecule has 2 heterocycles. The Morgan fingerprint density at radius 3 is 2.68 bits per heavy atom. The minimum Gasteiger partial charge on any atom is -0.352 e. The van der Waals surface area contributed by atoms with E-state index in [1.807, 2.05) is 54.6 Å². The normalized spacial score (nSPS) is 16.4. The van der Waals surface area contributed by atoms with Crippen LogP contribution in [0, 0.1) is 0 Å². The maximum atomic E-state index is 12.4. The van der Waals surface area contributed by atoms with Gasteiger partial charge in [0.2, 0.25) is 0 Å². The maximum absolute atomic E-state index is 12.4. The van der Waals surface area contributed by atoms with E-state index in [-0.39, 0.29) is 5.91 Å². The first-order valence-electron chi connectivity index (χ1n) is 6.69. The number of nitrogens with one attached hydrogen (secondary N) is 1. The van der Waals surface area contributed by atoms with Crippen LogP contribution in [0.2, 0.25) is 0 Å². The van der Waals surface area contributed by atoms with E-state index in [9.17, 15) is 4.79 Å². The molecule has 2 aromatic rings. The van der Waals surface area contributed by atoms with Gasteiger partial charge < -0.3 is 5.32 Å². The number of carbonyl (C=O) groups excluding carboxylic acids is 1. The number of hydrogen-bond acceptors (Lipinski definition) is 5. The second-order valence-electron chi connectivity index (χ2n) is 4.57. The molecule has 1 amide bonds. The van der Waals surface area contributed by atoms with Gasteiger partial charge in [-0.2, -0.15) is 0 Å². The molecule has 1 aromatic carbocycles. The third-order valence-electron chi connectivity index (χ3n) is 3.05. The smallest absolute Gasteiger partial charge is 0.267 e. The summed E-state index contributed by atoms with van der Waals surface area (Å²) in [6.45, 7) is 0.313. The molecule has 1 aliphatic heterocycles. The Kier molecular flexibility index (Phi) is 4.50. The second-order valence-corrected chi connectivity index (χ2v) is 6.25. The first-order chi connectivity index (χ1) is 10.7. The van der Waals surface area contributed by atoms with E-state index >= 15 is 0 Å². The Morgan fingerprint density at radius 2 is 1.95 bits per heavy atom. The Bertz CT molecular complexity index is 717. The van der Waals surface area contributed by atoms with Crippen molar-refractivity contribution in [1.82, 2.24) is 9.88 Å². The fraction of sp³-hybridized carbons (Fsp3) is 0.0625. The summed E-state index contributed by atoms with van der Waals surface area (Å²) in [5.74, 6) is 0.630. The summed E-state index contributed by atoms with van der Waals surface area (Å²) in [6, 6.07) is 15.3. The van der Waals surface area contributed by atoms with Crippen LogP contribution in [0.4, 0.5) is 5.82 Å². The molecule has 0 bridgehead atoms. The number of thioether (sulfide) groups is 1. The number of rotatable bonds is 4. The minimum atomic E-state index is -0.0812. The molecule has 1 aromatic heterocycles. The monoisotopic (exact) mass is 327 g/mol. The van der Waals surface area contributed by atoms with Crippen molar-refractivity contribution in [2.24, 2.45) is 0 Å². The van der Waals surface area contributed by atoms with Gasteiger partial charge in [-0.1, -0.05) is 60.4 Å². The van der Waals surface area contributed by atoms with Crippen LogP contribution in [0.15, 0.2) is 59.6 Å². The summed E-state index contributed by atoms with van der Waals surface area (Å²) in [5.41, 5.74) is 0.987. The van der Waals surface area contributed by atoms with Crippen molar-refractivity contribution in [3.05, 3.63) is 65.2 Å². The zero-order chi connectivity index (χ0) is 15.4. The summed E-state index contributed by atoms with van der Waals surface area (Å²) in [7, 11) is 0. The van der Waals surface area contributed by atoms with Gasteiger partial charge in [0.05, 0.1) is 11.6 Å². The Labute approximate surface area is 138 Å². The summed E-state index contributed by atoms with van der Waals surface area (Å²) in [5, 5.41) is 3.10. The summed E-state index contributed by atoms with van der Waals surface area (Å²) >= 11 is 6.61. The fourth-order valence-electron chi connectivity index (χ4n) is 1.96. The van der Waals surface area contributed by atoms with E-state index in [1.165, 1.54) is 11.8 Å². The number of aromatic nitrogens is 1. The van der Waals surface area contributed by atoms with E-state index in [0.29, 0.717) is 21.7 Å². The van der Waals surface area contributed by atoms with Gasteiger partial charge in [0, 0.05) is 6.20 Å². The molecule has 1 saturated heterocycles. The van der Waals surface area contributed by atoms with Gasteiger partial charge in [-0.15, -0.1) is 0 Å². The van der Waals surface area contributed by atoms with Crippen LogP contribution in [-0.4, -0.2) is 26.8 Å². The van der Waals surface area contributed by atoms with E-state index < -0.39 is 0 Å². The lowest BCUT2D eigenvalue weighted by Crippen LogP contribution is -2.33. The van der Waals surface area contributed by atoms with E-state index in [1.54, 1.807) is 11.1 Å². The number of benzene rings is 1. The molecule has 0 spiro atoms. The molecule has 3 rings (SSSR count).